The fourth-order valence-electron chi connectivity index (χ4n) is 2.74. The summed E-state index contributed by atoms with van der Waals surface area (Å²) in [6.45, 7) is 0. The van der Waals surface area contributed by atoms with Gasteiger partial charge in [0.1, 0.15) is 36.6 Å². The van der Waals surface area contributed by atoms with Crippen molar-refractivity contribution in [1.82, 2.24) is 0 Å². The van der Waals surface area contributed by atoms with Gasteiger partial charge >= 0.3 is 164 Å². The summed E-state index contributed by atoms with van der Waals surface area (Å²) in [5.74, 6) is 0. The molecule has 36 heteroatoms. The van der Waals surface area contributed by atoms with Gasteiger partial charge in [0, 0.05) is 0 Å². The molecule has 1 aliphatic carbocycles. The van der Waals surface area contributed by atoms with Crippen LogP contribution in [0.25, 0.3) is 0 Å². The molecule has 0 spiro atoms. The SMILES string of the molecule is O=P([O-])([O-])O[C@H]1[C@H](OP(=O)([O-])[O-])[C@@H](OP(=O)([O-])[O-])[C@H](OP(=O)([O-])[O-])[C@@H](OP(=O)([O-])[O-])[C@H]1OP(=O)([O-])[O-].[Pb+2].[Pb+2].[Pb+2].[Pb+2].[Pb+2].[Pb+2]. The van der Waals surface area contributed by atoms with E-state index in [-0.39, 0.29) is 164 Å². The Balaban J connectivity index is -0.000000540. The first kappa shape index (κ1) is 60.3. The predicted molar refractivity (Wildman–Crippen MR) is 109 cm³/mol. The molecule has 0 atom stereocenters. The molecular weight excluding hydrogens is 1890 g/mol. The van der Waals surface area contributed by atoms with Crippen LogP contribution in [0.1, 0.15) is 0 Å². The Labute approximate surface area is 355 Å². The molecule has 0 aromatic carbocycles. The van der Waals surface area contributed by atoms with Crippen molar-refractivity contribution in [2.24, 2.45) is 0 Å². The molecular formula is C6H6O24P6Pb6. The molecule has 1 fully saturated rings. The molecule has 0 aliphatic heterocycles. The second-order valence-electron chi connectivity index (χ2n) is 6.10. The molecule has 42 heavy (non-hydrogen) atoms. The number of phosphoric ester groups is 6. The Morgan fingerprint density at radius 2 is 0.333 bits per heavy atom. The van der Waals surface area contributed by atoms with Crippen LogP contribution in [-0.4, -0.2) is 200 Å². The van der Waals surface area contributed by atoms with E-state index in [1.54, 1.807) is 0 Å². The number of hydrogen-bond acceptors (Lipinski definition) is 24. The van der Waals surface area contributed by atoms with Gasteiger partial charge in [0.2, 0.25) is 0 Å². The van der Waals surface area contributed by atoms with E-state index in [2.05, 4.69) is 27.1 Å². The molecule has 0 aromatic rings. The Morgan fingerprint density at radius 3 is 0.381 bits per heavy atom. The van der Waals surface area contributed by atoms with E-state index in [0.717, 1.165) is 0 Å². The van der Waals surface area contributed by atoms with E-state index in [0.29, 0.717) is 0 Å². The maximum atomic E-state index is 11.1. The van der Waals surface area contributed by atoms with Gasteiger partial charge in [-0.3, -0.25) is 0 Å². The summed E-state index contributed by atoms with van der Waals surface area (Å²) < 4.78 is 88.3. The maximum absolute atomic E-state index is 11.1. The predicted octanol–water partition coefficient (Wildman–Crippen LogP) is -13.0. The zero-order chi connectivity index (χ0) is 28.7. The van der Waals surface area contributed by atoms with E-state index in [4.69, 9.17) is 0 Å². The van der Waals surface area contributed by atoms with Crippen molar-refractivity contribution in [3.63, 3.8) is 0 Å². The minimum atomic E-state index is -6.68. The molecule has 1 saturated carbocycles. The van der Waals surface area contributed by atoms with Crippen LogP contribution in [-0.2, 0) is 54.5 Å². The average Bonchev–Trinajstić information content (AvgIpc) is 2.51. The van der Waals surface area contributed by atoms with Gasteiger partial charge in [-0.2, -0.15) is 0 Å². The fourth-order valence-corrected chi connectivity index (χ4v) is 5.96. The van der Waals surface area contributed by atoms with Crippen LogP contribution >= 0.6 is 46.9 Å². The van der Waals surface area contributed by atoms with E-state index in [1.807, 2.05) is 0 Å². The van der Waals surface area contributed by atoms with Gasteiger partial charge in [-0.25, -0.2) is 0 Å². The summed E-state index contributed by atoms with van der Waals surface area (Å²) >= 11 is 0. The Kier molecular flexibility index (Phi) is 33.0. The summed E-state index contributed by atoms with van der Waals surface area (Å²) in [5, 5.41) is 0. The summed E-state index contributed by atoms with van der Waals surface area (Å²) in [5.41, 5.74) is 0. The van der Waals surface area contributed by atoms with Crippen molar-refractivity contribution in [3.05, 3.63) is 0 Å². The molecule has 12 radical (unpaired) electrons. The Morgan fingerprint density at radius 1 is 0.262 bits per heavy atom. The average molecular weight is 1890 g/mol. The van der Waals surface area contributed by atoms with Crippen LogP contribution in [0.2, 0.25) is 0 Å². The zero-order valence-electron chi connectivity index (χ0n) is 18.9. The molecule has 0 N–H and O–H groups in total. The molecule has 1 rings (SSSR count). The van der Waals surface area contributed by atoms with Crippen molar-refractivity contribution < 1.29 is 113 Å². The van der Waals surface area contributed by atoms with Gasteiger partial charge in [0.05, 0.1) is 46.9 Å². The van der Waals surface area contributed by atoms with Gasteiger partial charge in [0.15, 0.2) is 0 Å². The molecule has 0 aromatic heterocycles. The third-order valence-electron chi connectivity index (χ3n) is 3.45. The van der Waals surface area contributed by atoms with Crippen molar-refractivity contribution in [2.75, 3.05) is 0 Å². The smallest absolute Gasteiger partial charge is 0.790 e. The van der Waals surface area contributed by atoms with Crippen LogP contribution in [0.3, 0.4) is 0 Å². The number of hydrogen-bond donors (Lipinski definition) is 0. The summed E-state index contributed by atoms with van der Waals surface area (Å²) in [7, 11) is -40.1. The number of phosphoric acid groups is 6. The first-order valence-electron chi connectivity index (χ1n) is 7.80. The standard InChI is InChI=1S/C6H18O24P6.6Pb/c7-31(8,9)25-1-2(26-32(10,11)12)4(28-34(16,17)18)6(30-36(22,23)24)5(29-35(19,20)21)3(1)27-33(13,14)15;;;;;;/h1-6H,(H2,7,8,9)(H2,10,11,12)(H2,13,14,15)(H2,16,17,18)(H2,19,20,21)(H2,22,23,24);;;;;;/q;6*+2/p-12/t1-,2-,3-,4+,5-,6-;;;;;;. The molecule has 0 amide bonds. The zero-order valence-corrected chi connectivity index (χ0v) is 47.6. The second kappa shape index (κ2) is 23.0. The van der Waals surface area contributed by atoms with Crippen LogP contribution in [0.15, 0.2) is 0 Å². The largest absolute Gasteiger partial charge is 2.00 e. The molecule has 24 nitrogen and oxygen atoms in total. The van der Waals surface area contributed by atoms with E-state index in [9.17, 15) is 86.1 Å². The summed E-state index contributed by atoms with van der Waals surface area (Å²) in [6, 6.07) is 0. The minimum Gasteiger partial charge on any atom is -0.790 e. The normalized spacial score (nSPS) is 25.1. The third-order valence-corrected chi connectivity index (χ3v) is 6.46. The first-order valence-corrected chi connectivity index (χ1v) is 16.6. The van der Waals surface area contributed by atoms with Gasteiger partial charge in [0.25, 0.3) is 0 Å². The van der Waals surface area contributed by atoms with E-state index in [1.165, 1.54) is 0 Å². The Hall–Kier alpha value is 6.19. The molecule has 0 bridgehead atoms. The van der Waals surface area contributed by atoms with Gasteiger partial charge < -0.3 is 113 Å². The van der Waals surface area contributed by atoms with Crippen LogP contribution in [0, 0.1) is 0 Å². The monoisotopic (exact) mass is 1900 g/mol. The van der Waals surface area contributed by atoms with Gasteiger partial charge in [-0.1, -0.05) is 0 Å². The minimum absolute atomic E-state index is 0. The number of rotatable bonds is 12. The van der Waals surface area contributed by atoms with Gasteiger partial charge in [-0.15, -0.1) is 0 Å². The van der Waals surface area contributed by atoms with Crippen LogP contribution in [0.4, 0.5) is 0 Å². The third kappa shape index (κ3) is 26.0. The first-order chi connectivity index (χ1) is 15.6. The van der Waals surface area contributed by atoms with Crippen molar-refractivity contribution in [1.29, 1.82) is 0 Å². The molecule has 0 heterocycles. The fraction of sp³-hybridized carbons (Fsp3) is 1.00. The molecule has 1 aliphatic rings. The van der Waals surface area contributed by atoms with Crippen molar-refractivity contribution in [3.8, 4) is 0 Å². The van der Waals surface area contributed by atoms with Crippen molar-refractivity contribution in [2.45, 2.75) is 36.6 Å². The molecule has 0 unspecified atom stereocenters. The van der Waals surface area contributed by atoms with Crippen LogP contribution < -0.4 is 58.7 Å². The van der Waals surface area contributed by atoms with E-state index < -0.39 is 83.6 Å². The molecule has 0 saturated heterocycles. The van der Waals surface area contributed by atoms with Crippen molar-refractivity contribution >= 4 is 211 Å². The topological polar surface area (TPSA) is 435 Å². The van der Waals surface area contributed by atoms with E-state index >= 15 is 0 Å². The quantitative estimate of drug-likeness (QED) is 0.129. The maximum Gasteiger partial charge on any atom is 2.00 e. The Bertz CT molecular complexity index is 843. The van der Waals surface area contributed by atoms with Gasteiger partial charge in [-0.05, 0) is 0 Å². The van der Waals surface area contributed by atoms with Crippen LogP contribution in [0.5, 0.6) is 0 Å². The second-order valence-corrected chi connectivity index (χ2v) is 12.7. The summed E-state index contributed by atoms with van der Waals surface area (Å²) in [4.78, 5) is 133. The summed E-state index contributed by atoms with van der Waals surface area (Å²) in [6.07, 6.45) is -21.5. The molecule has 228 valence electrons.